The maximum Gasteiger partial charge on any atom is 0.250 e. The third kappa shape index (κ3) is 4.95. The van der Waals surface area contributed by atoms with E-state index in [1.165, 1.54) is 4.90 Å². The molecule has 6 atom stereocenters. The number of fused-ring (bicyclic) bond motifs is 1. The number of aliphatic hydroxyl groups is 1. The van der Waals surface area contributed by atoms with E-state index in [0.717, 1.165) is 0 Å². The smallest absolute Gasteiger partial charge is 0.250 e. The molecule has 3 amide bonds. The Balaban J connectivity index is 1.47. The van der Waals surface area contributed by atoms with Crippen molar-refractivity contribution in [1.82, 2.24) is 4.90 Å². The van der Waals surface area contributed by atoms with E-state index >= 15 is 0 Å². The van der Waals surface area contributed by atoms with Crippen molar-refractivity contribution in [3.63, 3.8) is 0 Å². The number of halogens is 1. The highest BCUT2D eigenvalue weighted by Crippen LogP contribution is 2.59. The van der Waals surface area contributed by atoms with Gasteiger partial charge in [-0.25, -0.2) is 0 Å². The molecule has 5 rings (SSSR count). The van der Waals surface area contributed by atoms with Gasteiger partial charge in [0, 0.05) is 5.69 Å². The van der Waals surface area contributed by atoms with Crippen molar-refractivity contribution in [3.8, 4) is 5.75 Å². The Morgan fingerprint density at radius 1 is 1.15 bits per heavy atom. The van der Waals surface area contributed by atoms with Crippen molar-refractivity contribution < 1.29 is 29.0 Å². The van der Waals surface area contributed by atoms with E-state index in [2.05, 4.69) is 10.6 Å². The lowest BCUT2D eigenvalue weighted by Gasteiger charge is -2.37. The molecule has 2 unspecified atom stereocenters. The van der Waals surface area contributed by atoms with Crippen LogP contribution in [0.15, 0.2) is 48.5 Å². The second-order valence-corrected chi connectivity index (χ2v) is 11.6. The van der Waals surface area contributed by atoms with Gasteiger partial charge in [0.05, 0.1) is 47.9 Å². The molecule has 3 saturated heterocycles. The molecule has 2 aromatic rings. The Morgan fingerprint density at radius 3 is 2.52 bits per heavy atom. The summed E-state index contributed by atoms with van der Waals surface area (Å²) in [4.78, 5) is 43.3. The molecule has 3 aliphatic heterocycles. The van der Waals surface area contributed by atoms with Gasteiger partial charge in [0.1, 0.15) is 17.4 Å². The predicted octanol–water partition coefficient (Wildman–Crippen LogP) is 4.10. The second-order valence-electron chi connectivity index (χ2n) is 11.2. The molecule has 9 nitrogen and oxygen atoms in total. The maximum absolute atomic E-state index is 14.2. The summed E-state index contributed by atoms with van der Waals surface area (Å²) in [6.45, 7) is 6.11. The van der Waals surface area contributed by atoms with Crippen LogP contribution >= 0.6 is 11.6 Å². The van der Waals surface area contributed by atoms with Gasteiger partial charge in [-0.2, -0.15) is 0 Å². The van der Waals surface area contributed by atoms with Crippen LogP contribution in [0.3, 0.4) is 0 Å². The van der Waals surface area contributed by atoms with Gasteiger partial charge in [-0.3, -0.25) is 14.4 Å². The summed E-state index contributed by atoms with van der Waals surface area (Å²) in [5, 5.41) is 16.6. The molecule has 3 N–H and O–H groups in total. The second kappa shape index (κ2) is 11.4. The van der Waals surface area contributed by atoms with Crippen LogP contribution in [0.25, 0.3) is 0 Å². The molecule has 1 spiro atoms. The van der Waals surface area contributed by atoms with Crippen LogP contribution in [0.5, 0.6) is 5.75 Å². The molecular weight excluding hydrogens is 534 g/mol. The zero-order valence-electron chi connectivity index (χ0n) is 22.9. The van der Waals surface area contributed by atoms with Gasteiger partial charge < -0.3 is 30.1 Å². The van der Waals surface area contributed by atoms with Crippen LogP contribution < -0.4 is 15.4 Å². The lowest BCUT2D eigenvalue weighted by atomic mass is 9.70. The first-order valence-electron chi connectivity index (χ1n) is 13.9. The Bertz CT molecular complexity index is 1270. The van der Waals surface area contributed by atoms with E-state index in [4.69, 9.17) is 21.1 Å². The number of nitrogens with one attached hydrogen (secondary N) is 2. The fourth-order valence-corrected chi connectivity index (χ4v) is 6.88. The van der Waals surface area contributed by atoms with Crippen molar-refractivity contribution in [2.45, 2.75) is 63.8 Å². The molecule has 3 aliphatic rings. The van der Waals surface area contributed by atoms with Crippen LogP contribution in [-0.4, -0.2) is 64.7 Å². The minimum Gasteiger partial charge on any atom is -0.494 e. The highest BCUT2D eigenvalue weighted by molar-refractivity contribution is 6.33. The summed E-state index contributed by atoms with van der Waals surface area (Å²) in [7, 11) is 0. The zero-order valence-corrected chi connectivity index (χ0v) is 23.7. The number of nitrogens with zero attached hydrogens (tertiary/aromatic N) is 1. The van der Waals surface area contributed by atoms with Crippen LogP contribution in [0.2, 0.25) is 5.02 Å². The van der Waals surface area contributed by atoms with Gasteiger partial charge in [0.25, 0.3) is 0 Å². The molecular formula is C30H36ClN3O6. The van der Waals surface area contributed by atoms with E-state index in [1.54, 1.807) is 48.5 Å². The van der Waals surface area contributed by atoms with Gasteiger partial charge in [-0.1, -0.05) is 37.6 Å². The Morgan fingerprint density at radius 2 is 1.88 bits per heavy atom. The number of anilines is 2. The number of likely N-dealkylation sites (tertiary alicyclic amines) is 1. The molecule has 2 aromatic carbocycles. The molecule has 10 heteroatoms. The molecule has 0 aromatic heterocycles. The lowest BCUT2D eigenvalue weighted by Crippen LogP contribution is -2.56. The number of carbonyl (C=O) groups is 3. The molecule has 40 heavy (non-hydrogen) atoms. The Labute approximate surface area is 239 Å². The Hall–Kier alpha value is -3.14. The summed E-state index contributed by atoms with van der Waals surface area (Å²) in [6.07, 6.45) is 1.00. The summed E-state index contributed by atoms with van der Waals surface area (Å²) >= 11 is 6.33. The molecule has 3 heterocycles. The molecule has 3 fully saturated rings. The van der Waals surface area contributed by atoms with Gasteiger partial charge in [-0.15, -0.1) is 0 Å². The van der Waals surface area contributed by atoms with E-state index in [9.17, 15) is 19.5 Å². The fraction of sp³-hybridized carbons (Fsp3) is 0.500. The first-order chi connectivity index (χ1) is 19.2. The minimum atomic E-state index is -1.18. The maximum atomic E-state index is 14.2. The molecule has 2 bridgehead atoms. The lowest BCUT2D eigenvalue weighted by molar-refractivity contribution is -0.143. The predicted molar refractivity (Wildman–Crippen MR) is 151 cm³/mol. The van der Waals surface area contributed by atoms with E-state index in [-0.39, 0.29) is 24.3 Å². The SMILES string of the molecule is CCOc1ccc(NC(=O)[C@@H]2[C@@H]3CCC4(O3)C(C(=O)Nc3ccccc3Cl)N([C@@H](CO)CC(C)C)C(=O)[C@H]24)cc1. The molecule has 0 radical (unpaired) electrons. The van der Waals surface area contributed by atoms with Crippen LogP contribution in [-0.2, 0) is 19.1 Å². The quantitative estimate of drug-likeness (QED) is 0.397. The number of rotatable bonds is 10. The largest absolute Gasteiger partial charge is 0.494 e. The van der Waals surface area contributed by atoms with Crippen LogP contribution in [0.4, 0.5) is 11.4 Å². The van der Waals surface area contributed by atoms with Gasteiger partial charge >= 0.3 is 0 Å². The fourth-order valence-electron chi connectivity index (χ4n) is 6.69. The number of carbonyl (C=O) groups excluding carboxylic acids is 3. The number of aliphatic hydroxyl groups excluding tert-OH is 1. The highest BCUT2D eigenvalue weighted by atomic mass is 35.5. The zero-order chi connectivity index (χ0) is 28.6. The topological polar surface area (TPSA) is 117 Å². The third-order valence-corrected chi connectivity index (χ3v) is 8.53. The van der Waals surface area contributed by atoms with Crippen molar-refractivity contribution in [2.24, 2.45) is 17.8 Å². The summed E-state index contributed by atoms with van der Waals surface area (Å²) in [5.41, 5.74) is -0.185. The standard InChI is InChI=1S/C30H36ClN3O6/c1-4-39-20-11-9-18(10-12-20)32-27(36)24-23-13-14-30(40-23)25(24)29(38)34(19(16-35)15-17(2)3)26(30)28(37)33-22-8-6-5-7-21(22)31/h5-12,17,19,23-26,35H,4,13-16H2,1-3H3,(H,32,36)(H,33,37)/t19-,23+,24-,25+,26?,30?/m1/s1. The number of benzene rings is 2. The van der Waals surface area contributed by atoms with Crippen LogP contribution in [0.1, 0.15) is 40.0 Å². The third-order valence-electron chi connectivity index (χ3n) is 8.20. The highest BCUT2D eigenvalue weighted by Gasteiger charge is 2.75. The molecule has 0 aliphatic carbocycles. The summed E-state index contributed by atoms with van der Waals surface area (Å²) in [5.74, 6) is -1.88. The van der Waals surface area contributed by atoms with Crippen molar-refractivity contribution in [2.75, 3.05) is 23.8 Å². The van der Waals surface area contributed by atoms with Crippen LogP contribution in [0, 0.1) is 17.8 Å². The first-order valence-corrected chi connectivity index (χ1v) is 14.3. The normalized spacial score (nSPS) is 27.6. The number of para-hydroxylation sites is 1. The van der Waals surface area contributed by atoms with Gasteiger partial charge in [-0.05, 0) is 68.5 Å². The number of hydrogen-bond donors (Lipinski definition) is 3. The van der Waals surface area contributed by atoms with E-state index in [0.29, 0.717) is 48.0 Å². The number of ether oxygens (including phenoxy) is 2. The Kier molecular flexibility index (Phi) is 8.08. The van der Waals surface area contributed by atoms with Gasteiger partial charge in [0.15, 0.2) is 0 Å². The van der Waals surface area contributed by atoms with Gasteiger partial charge in [0.2, 0.25) is 17.7 Å². The average molecular weight is 570 g/mol. The number of hydrogen-bond acceptors (Lipinski definition) is 6. The van der Waals surface area contributed by atoms with Crippen molar-refractivity contribution >= 4 is 40.7 Å². The van der Waals surface area contributed by atoms with E-state index in [1.807, 2.05) is 20.8 Å². The summed E-state index contributed by atoms with van der Waals surface area (Å²) in [6, 6.07) is 12.3. The van der Waals surface area contributed by atoms with Crippen molar-refractivity contribution in [3.05, 3.63) is 53.6 Å². The van der Waals surface area contributed by atoms with E-state index < -0.39 is 41.5 Å². The molecule has 214 valence electrons. The minimum absolute atomic E-state index is 0.158. The summed E-state index contributed by atoms with van der Waals surface area (Å²) < 4.78 is 12.0. The number of amides is 3. The first kappa shape index (κ1) is 28.4. The average Bonchev–Trinajstić information content (AvgIpc) is 3.57. The monoisotopic (exact) mass is 569 g/mol. The molecule has 0 saturated carbocycles. The van der Waals surface area contributed by atoms with Crippen molar-refractivity contribution in [1.29, 1.82) is 0 Å².